The first kappa shape index (κ1) is 18.0. The van der Waals surface area contributed by atoms with Gasteiger partial charge in [-0.05, 0) is 42.4 Å². The van der Waals surface area contributed by atoms with Crippen LogP contribution in [0.5, 0.6) is 5.75 Å². The van der Waals surface area contributed by atoms with Crippen molar-refractivity contribution in [2.75, 3.05) is 13.6 Å². The number of para-hydroxylation sites is 1. The van der Waals surface area contributed by atoms with Crippen molar-refractivity contribution in [2.45, 2.75) is 45.8 Å². The number of amides is 1. The number of hydrogen-bond acceptors (Lipinski definition) is 3. The van der Waals surface area contributed by atoms with Crippen LogP contribution in [-0.4, -0.2) is 25.6 Å². The van der Waals surface area contributed by atoms with Crippen LogP contribution in [0.25, 0.3) is 0 Å². The highest BCUT2D eigenvalue weighted by molar-refractivity contribution is 9.10. The van der Waals surface area contributed by atoms with Crippen LogP contribution in [-0.2, 0) is 11.3 Å². The molecule has 0 heterocycles. The van der Waals surface area contributed by atoms with Crippen LogP contribution in [0.2, 0.25) is 0 Å². The number of carbonyl (C=O) groups is 1. The fourth-order valence-corrected chi connectivity index (χ4v) is 2.48. The van der Waals surface area contributed by atoms with Gasteiger partial charge in [0.2, 0.25) is 0 Å². The zero-order valence-corrected chi connectivity index (χ0v) is 14.6. The third kappa shape index (κ3) is 6.06. The van der Waals surface area contributed by atoms with E-state index in [0.29, 0.717) is 13.1 Å². The van der Waals surface area contributed by atoms with Gasteiger partial charge < -0.3 is 15.4 Å². The van der Waals surface area contributed by atoms with Crippen LogP contribution < -0.4 is 15.4 Å². The van der Waals surface area contributed by atoms with E-state index < -0.39 is 6.10 Å². The lowest BCUT2D eigenvalue weighted by Crippen LogP contribution is -2.37. The first-order valence-corrected chi connectivity index (χ1v) is 8.25. The van der Waals surface area contributed by atoms with Crippen molar-refractivity contribution >= 4 is 21.8 Å². The van der Waals surface area contributed by atoms with Gasteiger partial charge in [0.05, 0.1) is 4.47 Å². The minimum atomic E-state index is -0.513. The molecule has 1 amide bonds. The summed E-state index contributed by atoms with van der Waals surface area (Å²) in [7, 11) is 1.88. The first-order chi connectivity index (χ1) is 10.1. The third-order valence-electron chi connectivity index (χ3n) is 3.16. The van der Waals surface area contributed by atoms with Crippen LogP contribution in [0, 0.1) is 0 Å². The number of ether oxygens (including phenoxy) is 1. The Kier molecular flexibility index (Phi) is 8.38. The Hall–Kier alpha value is -1.07. The second-order valence-corrected chi connectivity index (χ2v) is 5.87. The zero-order chi connectivity index (χ0) is 15.7. The lowest BCUT2D eigenvalue weighted by molar-refractivity contribution is -0.127. The highest BCUT2D eigenvalue weighted by atomic mass is 79.9. The van der Waals surface area contributed by atoms with Crippen molar-refractivity contribution in [2.24, 2.45) is 0 Å². The van der Waals surface area contributed by atoms with Crippen molar-refractivity contribution in [1.82, 2.24) is 10.6 Å². The molecule has 1 unspecified atom stereocenters. The molecule has 0 fully saturated rings. The SMILES string of the molecule is CCCCCNC(=O)C(C)Oc1c(Br)cccc1CNC. The molecule has 0 aromatic heterocycles. The molecule has 0 aliphatic rings. The second-order valence-electron chi connectivity index (χ2n) is 5.02. The molecule has 4 nitrogen and oxygen atoms in total. The van der Waals surface area contributed by atoms with Gasteiger partial charge in [-0.1, -0.05) is 31.9 Å². The average Bonchev–Trinajstić information content (AvgIpc) is 2.47. The topological polar surface area (TPSA) is 50.4 Å². The lowest BCUT2D eigenvalue weighted by atomic mass is 10.2. The van der Waals surface area contributed by atoms with Crippen LogP contribution in [0.1, 0.15) is 38.7 Å². The van der Waals surface area contributed by atoms with Crippen molar-refractivity contribution in [3.63, 3.8) is 0 Å². The minimum absolute atomic E-state index is 0.0720. The van der Waals surface area contributed by atoms with E-state index in [9.17, 15) is 4.79 Å². The number of carbonyl (C=O) groups excluding carboxylic acids is 1. The number of rotatable bonds is 9. The van der Waals surface area contributed by atoms with Crippen LogP contribution in [0.15, 0.2) is 22.7 Å². The van der Waals surface area contributed by atoms with Crippen LogP contribution in [0.4, 0.5) is 0 Å². The minimum Gasteiger partial charge on any atom is -0.479 e. The van der Waals surface area contributed by atoms with Crippen molar-refractivity contribution in [1.29, 1.82) is 0 Å². The molecule has 118 valence electrons. The van der Waals surface area contributed by atoms with E-state index >= 15 is 0 Å². The predicted octanol–water partition coefficient (Wildman–Crippen LogP) is 3.24. The summed E-state index contributed by atoms with van der Waals surface area (Å²) >= 11 is 3.48. The molecule has 1 atom stereocenters. The van der Waals surface area contributed by atoms with Gasteiger partial charge in [-0.2, -0.15) is 0 Å². The molecule has 5 heteroatoms. The largest absolute Gasteiger partial charge is 0.479 e. The van der Waals surface area contributed by atoms with E-state index in [1.807, 2.05) is 25.2 Å². The Morgan fingerprint density at radius 2 is 2.14 bits per heavy atom. The summed E-state index contributed by atoms with van der Waals surface area (Å²) in [4.78, 5) is 12.0. The number of hydrogen-bond donors (Lipinski definition) is 2. The Morgan fingerprint density at radius 1 is 1.38 bits per heavy atom. The monoisotopic (exact) mass is 356 g/mol. The molecule has 1 rings (SSSR count). The van der Waals surface area contributed by atoms with Crippen LogP contribution in [0.3, 0.4) is 0 Å². The van der Waals surface area contributed by atoms with E-state index in [4.69, 9.17) is 4.74 Å². The Bertz CT molecular complexity index is 452. The maximum absolute atomic E-state index is 12.0. The van der Waals surface area contributed by atoms with Gasteiger partial charge in [0.15, 0.2) is 6.10 Å². The van der Waals surface area contributed by atoms with Crippen molar-refractivity contribution in [3.8, 4) is 5.75 Å². The summed E-state index contributed by atoms with van der Waals surface area (Å²) < 4.78 is 6.71. The Labute approximate surface area is 135 Å². The molecule has 1 aromatic carbocycles. The van der Waals surface area contributed by atoms with Gasteiger partial charge >= 0.3 is 0 Å². The highest BCUT2D eigenvalue weighted by Crippen LogP contribution is 2.30. The van der Waals surface area contributed by atoms with Crippen LogP contribution >= 0.6 is 15.9 Å². The van der Waals surface area contributed by atoms with Crippen molar-refractivity contribution in [3.05, 3.63) is 28.2 Å². The molecular formula is C16H25BrN2O2. The number of unbranched alkanes of at least 4 members (excludes halogenated alkanes) is 2. The standard InChI is InChI=1S/C16H25BrN2O2/c1-4-5-6-10-19-16(20)12(2)21-15-13(11-18-3)8-7-9-14(15)17/h7-9,12,18H,4-6,10-11H2,1-3H3,(H,19,20). The van der Waals surface area contributed by atoms with E-state index in [1.165, 1.54) is 0 Å². The maximum Gasteiger partial charge on any atom is 0.260 e. The van der Waals surface area contributed by atoms with E-state index in [-0.39, 0.29) is 5.91 Å². The normalized spacial score (nSPS) is 12.0. The first-order valence-electron chi connectivity index (χ1n) is 7.46. The second kappa shape index (κ2) is 9.79. The molecule has 0 bridgehead atoms. The molecule has 2 N–H and O–H groups in total. The van der Waals surface area contributed by atoms with E-state index in [2.05, 4.69) is 33.5 Å². The lowest BCUT2D eigenvalue weighted by Gasteiger charge is -2.18. The van der Waals surface area contributed by atoms with E-state index in [0.717, 1.165) is 35.0 Å². The van der Waals surface area contributed by atoms with Gasteiger partial charge in [-0.15, -0.1) is 0 Å². The average molecular weight is 357 g/mol. The molecule has 0 radical (unpaired) electrons. The summed E-state index contributed by atoms with van der Waals surface area (Å²) in [6, 6.07) is 5.86. The molecule has 0 saturated heterocycles. The zero-order valence-electron chi connectivity index (χ0n) is 13.0. The van der Waals surface area contributed by atoms with Crippen molar-refractivity contribution < 1.29 is 9.53 Å². The molecule has 21 heavy (non-hydrogen) atoms. The molecule has 0 aliphatic carbocycles. The summed E-state index contributed by atoms with van der Waals surface area (Å²) in [5, 5.41) is 6.01. The van der Waals surface area contributed by atoms with Gasteiger partial charge in [0, 0.05) is 18.7 Å². The summed E-state index contributed by atoms with van der Waals surface area (Å²) in [5.74, 6) is 0.653. The summed E-state index contributed by atoms with van der Waals surface area (Å²) in [6.45, 7) is 5.32. The fraction of sp³-hybridized carbons (Fsp3) is 0.562. The van der Waals surface area contributed by atoms with Gasteiger partial charge in [0.1, 0.15) is 5.75 Å². The highest BCUT2D eigenvalue weighted by Gasteiger charge is 2.17. The van der Waals surface area contributed by atoms with Gasteiger partial charge in [0.25, 0.3) is 5.91 Å². The summed E-state index contributed by atoms with van der Waals surface area (Å²) in [5.41, 5.74) is 1.03. The summed E-state index contributed by atoms with van der Waals surface area (Å²) in [6.07, 6.45) is 2.77. The van der Waals surface area contributed by atoms with E-state index in [1.54, 1.807) is 6.92 Å². The molecular weight excluding hydrogens is 332 g/mol. The smallest absolute Gasteiger partial charge is 0.260 e. The molecule has 0 saturated carbocycles. The maximum atomic E-state index is 12.0. The Morgan fingerprint density at radius 3 is 2.81 bits per heavy atom. The molecule has 0 spiro atoms. The number of nitrogens with one attached hydrogen (secondary N) is 2. The van der Waals surface area contributed by atoms with Gasteiger partial charge in [-0.25, -0.2) is 0 Å². The predicted molar refractivity (Wildman–Crippen MR) is 89.5 cm³/mol. The number of halogens is 1. The number of benzene rings is 1. The quantitative estimate of drug-likeness (QED) is 0.667. The molecule has 1 aromatic rings. The fourth-order valence-electron chi connectivity index (χ4n) is 1.98. The third-order valence-corrected chi connectivity index (χ3v) is 3.78. The van der Waals surface area contributed by atoms with Gasteiger partial charge in [-0.3, -0.25) is 4.79 Å². The molecule has 0 aliphatic heterocycles. The Balaban J connectivity index is 2.61.